The van der Waals surface area contributed by atoms with Crippen molar-refractivity contribution in [3.05, 3.63) is 23.9 Å². The minimum absolute atomic E-state index is 0.0310. The Morgan fingerprint density at radius 2 is 2.11 bits per heavy atom. The van der Waals surface area contributed by atoms with Crippen LogP contribution in [0.3, 0.4) is 0 Å². The molecule has 5 fully saturated rings. The number of likely N-dealkylation sites (tertiary alicyclic amines) is 1. The molecule has 6 atom stereocenters. The molecule has 0 radical (unpaired) electrons. The van der Waals surface area contributed by atoms with E-state index in [1.165, 1.54) is 0 Å². The van der Waals surface area contributed by atoms with Crippen LogP contribution in [-0.4, -0.2) is 51.9 Å². The van der Waals surface area contributed by atoms with E-state index >= 15 is 0 Å². The Morgan fingerprint density at radius 1 is 1.32 bits per heavy atom. The van der Waals surface area contributed by atoms with Gasteiger partial charge in [0.15, 0.2) is 0 Å². The van der Waals surface area contributed by atoms with Crippen molar-refractivity contribution in [2.45, 2.75) is 56.3 Å². The Labute approximate surface area is 164 Å². The number of nitriles is 1. The van der Waals surface area contributed by atoms with E-state index in [0.29, 0.717) is 42.2 Å². The molecular formula is C21H26N4O3. The van der Waals surface area contributed by atoms with Crippen LogP contribution in [0, 0.1) is 29.1 Å². The molecule has 6 rings (SSSR count). The third-order valence-electron chi connectivity index (χ3n) is 7.08. The zero-order chi connectivity index (χ0) is 19.3. The fourth-order valence-electron chi connectivity index (χ4n) is 6.12. The van der Waals surface area contributed by atoms with E-state index in [1.807, 2.05) is 0 Å². The van der Waals surface area contributed by atoms with Gasteiger partial charge in [0, 0.05) is 25.3 Å². The van der Waals surface area contributed by atoms with Crippen molar-refractivity contribution in [2.75, 3.05) is 18.4 Å². The minimum atomic E-state index is -0.504. The van der Waals surface area contributed by atoms with Crippen LogP contribution in [0.1, 0.15) is 44.1 Å². The number of rotatable bonds is 3. The molecule has 4 unspecified atom stereocenters. The van der Waals surface area contributed by atoms with Crippen molar-refractivity contribution in [1.29, 1.82) is 5.26 Å². The second kappa shape index (κ2) is 6.63. The van der Waals surface area contributed by atoms with Crippen LogP contribution in [0.4, 0.5) is 10.6 Å². The number of hydrogen-bond donors (Lipinski definition) is 2. The van der Waals surface area contributed by atoms with E-state index in [0.717, 1.165) is 38.5 Å². The van der Waals surface area contributed by atoms with Crippen molar-refractivity contribution in [1.82, 2.24) is 9.88 Å². The van der Waals surface area contributed by atoms with Crippen LogP contribution in [0.15, 0.2) is 18.3 Å². The number of carbonyl (C=O) groups excluding carboxylic acids is 1. The van der Waals surface area contributed by atoms with Crippen LogP contribution in [0.2, 0.25) is 0 Å². The summed E-state index contributed by atoms with van der Waals surface area (Å²) in [6, 6.07) is 5.71. The molecule has 1 aromatic heterocycles. The van der Waals surface area contributed by atoms with E-state index in [1.54, 1.807) is 23.2 Å². The molecule has 1 aromatic rings. The number of aromatic nitrogens is 1. The summed E-state index contributed by atoms with van der Waals surface area (Å²) in [6.07, 6.45) is 6.82. The lowest BCUT2D eigenvalue weighted by molar-refractivity contribution is -0.177. The van der Waals surface area contributed by atoms with Crippen molar-refractivity contribution in [2.24, 2.45) is 17.8 Å². The summed E-state index contributed by atoms with van der Waals surface area (Å²) in [5.74, 6) is 1.96. The zero-order valence-corrected chi connectivity index (χ0v) is 15.9. The van der Waals surface area contributed by atoms with E-state index in [-0.39, 0.29) is 18.2 Å². The number of carbonyl (C=O) groups is 1. The maximum atomic E-state index is 12.8. The summed E-state index contributed by atoms with van der Waals surface area (Å²) < 4.78 is 5.98. The standard InChI is InChI=1S/C21H26N4O3/c22-10-13-1-2-18(23-11-13)24-17-3-4-25(12-17)20(26)28-19-15-5-14-6-16(19)9-21(27,7-14)8-15/h1-2,11,14-17,19,27H,3-9,12H2,(H,23,24)/t14?,15-,16?,17-,19?,21?/m1/s1. The number of hydrogen-bond acceptors (Lipinski definition) is 6. The van der Waals surface area contributed by atoms with Gasteiger partial charge in [-0.25, -0.2) is 9.78 Å². The molecular weight excluding hydrogens is 356 g/mol. The number of anilines is 1. The van der Waals surface area contributed by atoms with Crippen LogP contribution in [-0.2, 0) is 4.74 Å². The average Bonchev–Trinajstić information content (AvgIpc) is 3.12. The molecule has 7 heteroatoms. The summed E-state index contributed by atoms with van der Waals surface area (Å²) in [6.45, 7) is 1.26. The summed E-state index contributed by atoms with van der Waals surface area (Å²) in [7, 11) is 0. The highest BCUT2D eigenvalue weighted by Gasteiger charge is 2.56. The van der Waals surface area contributed by atoms with Gasteiger partial charge in [-0.3, -0.25) is 0 Å². The lowest BCUT2D eigenvalue weighted by Crippen LogP contribution is -2.58. The van der Waals surface area contributed by atoms with E-state index < -0.39 is 5.60 Å². The number of ether oxygens (including phenoxy) is 1. The lowest BCUT2D eigenvalue weighted by Gasteiger charge is -2.57. The maximum Gasteiger partial charge on any atom is 0.410 e. The molecule has 28 heavy (non-hydrogen) atoms. The Morgan fingerprint density at radius 3 is 2.75 bits per heavy atom. The first-order chi connectivity index (χ1) is 13.5. The fourth-order valence-corrected chi connectivity index (χ4v) is 6.12. The van der Waals surface area contributed by atoms with Gasteiger partial charge < -0.3 is 20.1 Å². The van der Waals surface area contributed by atoms with E-state index in [4.69, 9.17) is 10.00 Å². The number of aliphatic hydroxyl groups is 1. The van der Waals surface area contributed by atoms with Gasteiger partial charge in [-0.2, -0.15) is 5.26 Å². The normalized spacial score (nSPS) is 38.3. The van der Waals surface area contributed by atoms with Crippen LogP contribution in [0.5, 0.6) is 0 Å². The molecule has 1 aliphatic heterocycles. The van der Waals surface area contributed by atoms with Crippen molar-refractivity contribution < 1.29 is 14.6 Å². The summed E-state index contributed by atoms with van der Waals surface area (Å²) in [5.41, 5.74) is 0.0263. The molecule has 2 N–H and O–H groups in total. The molecule has 0 spiro atoms. The topological polar surface area (TPSA) is 98.5 Å². The largest absolute Gasteiger partial charge is 0.446 e. The number of pyridine rings is 1. The first-order valence-corrected chi connectivity index (χ1v) is 10.3. The van der Waals surface area contributed by atoms with Gasteiger partial charge in [0.1, 0.15) is 18.0 Å². The molecule has 7 nitrogen and oxygen atoms in total. The van der Waals surface area contributed by atoms with Crippen LogP contribution in [0.25, 0.3) is 0 Å². The monoisotopic (exact) mass is 382 g/mol. The molecule has 4 aliphatic carbocycles. The first-order valence-electron chi connectivity index (χ1n) is 10.3. The van der Waals surface area contributed by atoms with Crippen molar-refractivity contribution in [3.63, 3.8) is 0 Å². The van der Waals surface area contributed by atoms with Gasteiger partial charge in [0.2, 0.25) is 0 Å². The molecule has 2 heterocycles. The quantitative estimate of drug-likeness (QED) is 0.833. The van der Waals surface area contributed by atoms with Crippen LogP contribution < -0.4 is 5.32 Å². The second-order valence-corrected chi connectivity index (χ2v) is 9.16. The molecule has 1 amide bonds. The van der Waals surface area contributed by atoms with Gasteiger partial charge in [-0.1, -0.05) is 0 Å². The number of nitrogens with one attached hydrogen (secondary N) is 1. The predicted octanol–water partition coefficient (Wildman–Crippen LogP) is 2.52. The highest BCUT2D eigenvalue weighted by atomic mass is 16.6. The molecule has 148 valence electrons. The molecule has 4 bridgehead atoms. The Kier molecular flexibility index (Phi) is 4.20. The third kappa shape index (κ3) is 3.20. The summed E-state index contributed by atoms with van der Waals surface area (Å²) >= 11 is 0. The van der Waals surface area contributed by atoms with Gasteiger partial charge in [0.05, 0.1) is 11.2 Å². The van der Waals surface area contributed by atoms with Crippen molar-refractivity contribution >= 4 is 11.9 Å². The molecule has 4 saturated carbocycles. The fraction of sp³-hybridized carbons (Fsp3) is 0.667. The molecule has 0 aromatic carbocycles. The Balaban J connectivity index is 1.16. The Bertz CT molecular complexity index is 789. The second-order valence-electron chi connectivity index (χ2n) is 9.16. The number of nitrogens with zero attached hydrogens (tertiary/aromatic N) is 3. The van der Waals surface area contributed by atoms with Gasteiger partial charge in [-0.05, 0) is 68.4 Å². The average molecular weight is 382 g/mol. The van der Waals surface area contributed by atoms with Crippen molar-refractivity contribution in [3.8, 4) is 6.07 Å². The summed E-state index contributed by atoms with van der Waals surface area (Å²) in [5, 5.41) is 22.9. The maximum absolute atomic E-state index is 12.8. The molecule has 1 saturated heterocycles. The first kappa shape index (κ1) is 17.7. The highest BCUT2D eigenvalue weighted by molar-refractivity contribution is 5.68. The van der Waals surface area contributed by atoms with Gasteiger partial charge in [0.25, 0.3) is 0 Å². The highest BCUT2D eigenvalue weighted by Crippen LogP contribution is 2.56. The van der Waals surface area contributed by atoms with Gasteiger partial charge >= 0.3 is 6.09 Å². The van der Waals surface area contributed by atoms with E-state index in [9.17, 15) is 9.90 Å². The summed E-state index contributed by atoms with van der Waals surface area (Å²) in [4.78, 5) is 18.8. The van der Waals surface area contributed by atoms with Crippen LogP contribution >= 0.6 is 0 Å². The smallest absolute Gasteiger partial charge is 0.410 e. The van der Waals surface area contributed by atoms with Gasteiger partial charge in [-0.15, -0.1) is 0 Å². The predicted molar refractivity (Wildman–Crippen MR) is 101 cm³/mol. The van der Waals surface area contributed by atoms with E-state index in [2.05, 4.69) is 16.4 Å². The number of amides is 1. The third-order valence-corrected chi connectivity index (χ3v) is 7.08. The minimum Gasteiger partial charge on any atom is -0.446 e. The zero-order valence-electron chi connectivity index (χ0n) is 15.9. The lowest BCUT2D eigenvalue weighted by atomic mass is 9.53. The Hall–Kier alpha value is -2.33. The molecule has 5 aliphatic rings. The SMILES string of the molecule is N#Cc1ccc(N[C@@H]2CCN(C(=O)OC3C4CC5C[C@@H]3CC(O)(C5)C4)C2)nc1.